The molecule has 1 aliphatic rings. The van der Waals surface area contributed by atoms with Crippen molar-refractivity contribution in [1.82, 2.24) is 0 Å². The second-order valence-corrected chi connectivity index (χ2v) is 4.76. The van der Waals surface area contributed by atoms with Crippen molar-refractivity contribution >= 4 is 28.9 Å². The molecule has 1 aromatic rings. The molecular weight excluding hydrogens is 247 g/mol. The SMILES string of the molecule is NOCC1CCCN1c1ccc(Cl)cc1Cl. The fourth-order valence-electron chi connectivity index (χ4n) is 2.15. The molecule has 0 aliphatic carbocycles. The highest BCUT2D eigenvalue weighted by Gasteiger charge is 2.26. The summed E-state index contributed by atoms with van der Waals surface area (Å²) in [4.78, 5) is 6.96. The van der Waals surface area contributed by atoms with Crippen LogP contribution in [0.1, 0.15) is 12.8 Å². The molecule has 0 bridgehead atoms. The molecule has 0 radical (unpaired) electrons. The molecule has 0 amide bonds. The van der Waals surface area contributed by atoms with Gasteiger partial charge in [0.25, 0.3) is 0 Å². The normalized spacial score (nSPS) is 20.4. The molecule has 5 heteroatoms. The Labute approximate surface area is 105 Å². The second kappa shape index (κ2) is 5.23. The lowest BCUT2D eigenvalue weighted by atomic mass is 10.2. The first-order chi connectivity index (χ1) is 7.72. The lowest BCUT2D eigenvalue weighted by molar-refractivity contribution is 0.124. The van der Waals surface area contributed by atoms with Crippen molar-refractivity contribution in [1.29, 1.82) is 0 Å². The Kier molecular flexibility index (Phi) is 3.92. The van der Waals surface area contributed by atoms with E-state index in [9.17, 15) is 0 Å². The average molecular weight is 261 g/mol. The van der Waals surface area contributed by atoms with Crippen LogP contribution in [0.5, 0.6) is 0 Å². The molecule has 2 rings (SSSR count). The third-order valence-corrected chi connectivity index (χ3v) is 3.42. The highest BCUT2D eigenvalue weighted by Crippen LogP contribution is 2.33. The van der Waals surface area contributed by atoms with E-state index in [0.29, 0.717) is 22.7 Å². The molecule has 1 saturated heterocycles. The predicted octanol–water partition coefficient (Wildman–Crippen LogP) is 2.85. The Hall–Kier alpha value is -0.480. The average Bonchev–Trinajstić information content (AvgIpc) is 2.67. The zero-order valence-electron chi connectivity index (χ0n) is 8.83. The topological polar surface area (TPSA) is 38.5 Å². The Morgan fingerprint density at radius 3 is 2.94 bits per heavy atom. The molecule has 88 valence electrons. The molecule has 1 heterocycles. The van der Waals surface area contributed by atoms with Crippen LogP contribution < -0.4 is 10.8 Å². The van der Waals surface area contributed by atoms with Gasteiger partial charge >= 0.3 is 0 Å². The first-order valence-electron chi connectivity index (χ1n) is 5.25. The van der Waals surface area contributed by atoms with Gasteiger partial charge in [0.1, 0.15) is 0 Å². The molecule has 1 aliphatic heterocycles. The minimum absolute atomic E-state index is 0.309. The van der Waals surface area contributed by atoms with E-state index in [4.69, 9.17) is 33.9 Å². The Morgan fingerprint density at radius 1 is 1.44 bits per heavy atom. The standard InChI is InChI=1S/C11H14Cl2N2O/c12-8-3-4-11(10(13)6-8)15-5-1-2-9(15)7-16-14/h3-4,6,9H,1-2,5,7,14H2. The molecule has 3 nitrogen and oxygen atoms in total. The lowest BCUT2D eigenvalue weighted by Gasteiger charge is -2.26. The smallest absolute Gasteiger partial charge is 0.0882 e. The summed E-state index contributed by atoms with van der Waals surface area (Å²) in [5.74, 6) is 5.13. The van der Waals surface area contributed by atoms with Crippen LogP contribution in [0.4, 0.5) is 5.69 Å². The number of anilines is 1. The van der Waals surface area contributed by atoms with Crippen LogP contribution >= 0.6 is 23.2 Å². The Morgan fingerprint density at radius 2 is 2.25 bits per heavy atom. The number of halogens is 2. The summed E-state index contributed by atoms with van der Waals surface area (Å²) in [6, 6.07) is 5.86. The van der Waals surface area contributed by atoms with Gasteiger partial charge in [0.2, 0.25) is 0 Å². The third kappa shape index (κ3) is 2.43. The van der Waals surface area contributed by atoms with Gasteiger partial charge in [-0.15, -0.1) is 0 Å². The van der Waals surface area contributed by atoms with Crippen LogP contribution in [0.15, 0.2) is 18.2 Å². The Bertz CT molecular complexity index is 373. The van der Waals surface area contributed by atoms with Crippen molar-refractivity contribution in [2.75, 3.05) is 18.1 Å². The lowest BCUT2D eigenvalue weighted by Crippen LogP contribution is -2.34. The van der Waals surface area contributed by atoms with Crippen molar-refractivity contribution in [3.63, 3.8) is 0 Å². The summed E-state index contributed by atoms with van der Waals surface area (Å²) in [6.45, 7) is 1.51. The number of nitrogens with two attached hydrogens (primary N) is 1. The molecule has 1 atom stereocenters. The fraction of sp³-hybridized carbons (Fsp3) is 0.455. The number of hydrogen-bond acceptors (Lipinski definition) is 3. The minimum atomic E-state index is 0.309. The number of benzene rings is 1. The van der Waals surface area contributed by atoms with Crippen molar-refractivity contribution in [3.05, 3.63) is 28.2 Å². The maximum atomic E-state index is 6.18. The molecule has 0 aromatic heterocycles. The molecular formula is C11H14Cl2N2O. The summed E-state index contributed by atoms with van der Waals surface area (Å²) in [5, 5.41) is 1.33. The first-order valence-corrected chi connectivity index (χ1v) is 6.01. The fourth-order valence-corrected chi connectivity index (χ4v) is 2.67. The van der Waals surface area contributed by atoms with Crippen molar-refractivity contribution in [2.45, 2.75) is 18.9 Å². The maximum Gasteiger partial charge on any atom is 0.0882 e. The zero-order chi connectivity index (χ0) is 11.5. The largest absolute Gasteiger partial charge is 0.365 e. The Balaban J connectivity index is 2.22. The van der Waals surface area contributed by atoms with Crippen LogP contribution in [0.25, 0.3) is 0 Å². The molecule has 0 saturated carbocycles. The summed E-state index contributed by atoms with van der Waals surface area (Å²) >= 11 is 12.1. The van der Waals surface area contributed by atoms with Crippen LogP contribution in [0.2, 0.25) is 10.0 Å². The summed E-state index contributed by atoms with van der Waals surface area (Å²) in [7, 11) is 0. The second-order valence-electron chi connectivity index (χ2n) is 3.92. The van der Waals surface area contributed by atoms with E-state index in [-0.39, 0.29) is 0 Å². The van der Waals surface area contributed by atoms with Gasteiger partial charge in [-0.2, -0.15) is 0 Å². The van der Waals surface area contributed by atoms with Crippen LogP contribution in [0, 0.1) is 0 Å². The van der Waals surface area contributed by atoms with E-state index in [1.165, 1.54) is 0 Å². The highest BCUT2D eigenvalue weighted by atomic mass is 35.5. The minimum Gasteiger partial charge on any atom is -0.365 e. The van der Waals surface area contributed by atoms with Crippen molar-refractivity contribution in [2.24, 2.45) is 5.90 Å². The van der Waals surface area contributed by atoms with Crippen LogP contribution in [-0.2, 0) is 4.84 Å². The quantitative estimate of drug-likeness (QED) is 0.850. The monoisotopic (exact) mass is 260 g/mol. The highest BCUT2D eigenvalue weighted by molar-refractivity contribution is 6.36. The number of nitrogens with zero attached hydrogens (tertiary/aromatic N) is 1. The van der Waals surface area contributed by atoms with Gasteiger partial charge in [-0.25, -0.2) is 5.90 Å². The first kappa shape index (κ1) is 12.0. The van der Waals surface area contributed by atoms with E-state index in [2.05, 4.69) is 4.90 Å². The van der Waals surface area contributed by atoms with Crippen LogP contribution in [-0.4, -0.2) is 19.2 Å². The van der Waals surface area contributed by atoms with Crippen molar-refractivity contribution < 1.29 is 4.84 Å². The summed E-state index contributed by atoms with van der Waals surface area (Å²) in [5.41, 5.74) is 1.01. The summed E-state index contributed by atoms with van der Waals surface area (Å²) in [6.07, 6.45) is 2.21. The van der Waals surface area contributed by atoms with Gasteiger partial charge < -0.3 is 9.74 Å². The molecule has 16 heavy (non-hydrogen) atoms. The molecule has 0 spiro atoms. The molecule has 1 unspecified atom stereocenters. The van der Waals surface area contributed by atoms with Gasteiger partial charge in [0.05, 0.1) is 23.4 Å². The van der Waals surface area contributed by atoms with Gasteiger partial charge in [-0.05, 0) is 31.0 Å². The van der Waals surface area contributed by atoms with Gasteiger partial charge in [-0.1, -0.05) is 23.2 Å². The van der Waals surface area contributed by atoms with E-state index >= 15 is 0 Å². The van der Waals surface area contributed by atoms with Gasteiger partial charge in [0, 0.05) is 11.6 Å². The maximum absolute atomic E-state index is 6.18. The van der Waals surface area contributed by atoms with Crippen LogP contribution in [0.3, 0.4) is 0 Å². The zero-order valence-corrected chi connectivity index (χ0v) is 10.3. The molecule has 1 fully saturated rings. The third-order valence-electron chi connectivity index (χ3n) is 2.88. The number of rotatable bonds is 3. The van der Waals surface area contributed by atoms with Gasteiger partial charge in [-0.3, -0.25) is 0 Å². The van der Waals surface area contributed by atoms with Crippen molar-refractivity contribution in [3.8, 4) is 0 Å². The van der Waals surface area contributed by atoms with E-state index in [1.807, 2.05) is 12.1 Å². The predicted molar refractivity (Wildman–Crippen MR) is 67.0 cm³/mol. The van der Waals surface area contributed by atoms with Gasteiger partial charge in [0.15, 0.2) is 0 Å². The summed E-state index contributed by atoms with van der Waals surface area (Å²) < 4.78 is 0. The van der Waals surface area contributed by atoms with E-state index < -0.39 is 0 Å². The molecule has 1 aromatic carbocycles. The van der Waals surface area contributed by atoms with E-state index in [0.717, 1.165) is 25.1 Å². The van der Waals surface area contributed by atoms with E-state index in [1.54, 1.807) is 6.07 Å². The molecule has 2 N–H and O–H groups in total. The number of hydrogen-bond donors (Lipinski definition) is 1.